The van der Waals surface area contributed by atoms with Gasteiger partial charge in [0.1, 0.15) is 0 Å². The van der Waals surface area contributed by atoms with Crippen molar-refractivity contribution in [2.45, 2.75) is 6.92 Å². The summed E-state index contributed by atoms with van der Waals surface area (Å²) in [6.07, 6.45) is 1.46. The van der Waals surface area contributed by atoms with Crippen molar-refractivity contribution in [3.05, 3.63) is 43.1 Å². The molecule has 106 valence electrons. The van der Waals surface area contributed by atoms with Crippen molar-refractivity contribution in [2.75, 3.05) is 5.73 Å². The summed E-state index contributed by atoms with van der Waals surface area (Å²) in [5.74, 6) is 0.149. The molecule has 0 aliphatic carbocycles. The molecule has 2 rings (SSSR count). The molecule has 0 atom stereocenters. The Bertz CT molecular complexity index is 772. The number of ether oxygens (including phenoxy) is 1. The van der Waals surface area contributed by atoms with Gasteiger partial charge in [-0.05, 0) is 35.6 Å². The average molecular weight is 397 g/mol. The zero-order valence-corrected chi connectivity index (χ0v) is 12.9. The fourth-order valence-corrected chi connectivity index (χ4v) is 2.24. The van der Waals surface area contributed by atoms with Gasteiger partial charge in [-0.2, -0.15) is 10.2 Å². The van der Waals surface area contributed by atoms with E-state index in [0.29, 0.717) is 9.13 Å². The maximum atomic E-state index is 11.1. The maximum absolute atomic E-state index is 11.1. The highest BCUT2D eigenvalue weighted by atomic mass is 127. The highest BCUT2D eigenvalue weighted by molar-refractivity contribution is 14.1. The lowest BCUT2D eigenvalue weighted by Crippen LogP contribution is -2.02. The van der Waals surface area contributed by atoms with Crippen molar-refractivity contribution < 1.29 is 9.66 Å². The maximum Gasteiger partial charge on any atom is 0.314 e. The molecular formula is C12H8IN5O3. The SMILES string of the molecule is Cc1cnc(N)nc1Oc1c(I)cc(C#N)cc1[N+](=O)[O-]. The van der Waals surface area contributed by atoms with E-state index in [0.717, 1.165) is 6.07 Å². The van der Waals surface area contributed by atoms with Crippen LogP contribution in [0.3, 0.4) is 0 Å². The van der Waals surface area contributed by atoms with E-state index >= 15 is 0 Å². The largest absolute Gasteiger partial charge is 0.430 e. The number of nitro groups is 1. The molecule has 1 aromatic heterocycles. The van der Waals surface area contributed by atoms with Crippen LogP contribution >= 0.6 is 22.6 Å². The van der Waals surface area contributed by atoms with Crippen LogP contribution in [0.5, 0.6) is 11.6 Å². The Hall–Kier alpha value is -2.48. The molecule has 2 N–H and O–H groups in total. The van der Waals surface area contributed by atoms with Gasteiger partial charge >= 0.3 is 5.69 Å². The standard InChI is InChI=1S/C12H8IN5O3/c1-6-5-16-12(15)17-11(6)21-10-8(13)2-7(4-14)3-9(10)18(19)20/h2-3,5H,1H3,(H2,15,16,17). The van der Waals surface area contributed by atoms with E-state index in [1.165, 1.54) is 12.3 Å². The third-order valence-corrected chi connectivity index (χ3v) is 3.29. The van der Waals surface area contributed by atoms with E-state index < -0.39 is 4.92 Å². The number of rotatable bonds is 3. The Balaban J connectivity index is 2.56. The van der Waals surface area contributed by atoms with Crippen LogP contribution in [0.25, 0.3) is 0 Å². The summed E-state index contributed by atoms with van der Waals surface area (Å²) in [7, 11) is 0. The monoisotopic (exact) mass is 397 g/mol. The molecule has 0 amide bonds. The molecule has 0 radical (unpaired) electrons. The van der Waals surface area contributed by atoms with E-state index in [-0.39, 0.29) is 28.8 Å². The molecule has 0 aliphatic heterocycles. The lowest BCUT2D eigenvalue weighted by atomic mass is 10.2. The van der Waals surface area contributed by atoms with Crippen molar-refractivity contribution in [1.29, 1.82) is 5.26 Å². The first-order chi connectivity index (χ1) is 9.92. The van der Waals surface area contributed by atoms with Gasteiger partial charge in [0.25, 0.3) is 0 Å². The fraction of sp³-hybridized carbons (Fsp3) is 0.0833. The van der Waals surface area contributed by atoms with Gasteiger partial charge in [0.05, 0.1) is 20.1 Å². The first-order valence-electron chi connectivity index (χ1n) is 5.57. The summed E-state index contributed by atoms with van der Waals surface area (Å²) in [4.78, 5) is 18.2. The topological polar surface area (TPSA) is 128 Å². The Morgan fingerprint density at radius 2 is 2.24 bits per heavy atom. The number of aromatic nitrogens is 2. The summed E-state index contributed by atoms with van der Waals surface area (Å²) in [6.45, 7) is 1.69. The van der Waals surface area contributed by atoms with Gasteiger partial charge < -0.3 is 10.5 Å². The van der Waals surface area contributed by atoms with E-state index in [1.807, 2.05) is 28.7 Å². The number of nitrogen functional groups attached to an aromatic ring is 1. The van der Waals surface area contributed by atoms with Gasteiger partial charge in [-0.1, -0.05) is 0 Å². The van der Waals surface area contributed by atoms with Crippen molar-refractivity contribution in [2.24, 2.45) is 0 Å². The summed E-state index contributed by atoms with van der Waals surface area (Å²) in [5, 5.41) is 20.0. The van der Waals surface area contributed by atoms with Gasteiger partial charge in [0.2, 0.25) is 17.6 Å². The molecule has 0 aliphatic rings. The van der Waals surface area contributed by atoms with E-state index in [2.05, 4.69) is 9.97 Å². The van der Waals surface area contributed by atoms with Crippen molar-refractivity contribution in [3.8, 4) is 17.7 Å². The van der Waals surface area contributed by atoms with Gasteiger partial charge in [0.15, 0.2) is 0 Å². The minimum Gasteiger partial charge on any atom is -0.430 e. The zero-order valence-electron chi connectivity index (χ0n) is 10.7. The van der Waals surface area contributed by atoms with Crippen LogP contribution < -0.4 is 10.5 Å². The number of nitrogens with zero attached hydrogens (tertiary/aromatic N) is 4. The molecule has 0 unspecified atom stereocenters. The molecule has 0 saturated carbocycles. The van der Waals surface area contributed by atoms with Gasteiger partial charge in [0, 0.05) is 17.8 Å². The van der Waals surface area contributed by atoms with Crippen LogP contribution in [-0.4, -0.2) is 14.9 Å². The third kappa shape index (κ3) is 3.16. The number of aryl methyl sites for hydroxylation is 1. The first kappa shape index (κ1) is 14.9. The summed E-state index contributed by atoms with van der Waals surface area (Å²) in [6, 6.07) is 4.50. The Morgan fingerprint density at radius 3 is 2.86 bits per heavy atom. The second-order valence-electron chi connectivity index (χ2n) is 3.99. The summed E-state index contributed by atoms with van der Waals surface area (Å²) in [5.41, 5.74) is 5.93. The molecular weight excluding hydrogens is 389 g/mol. The Kier molecular flexibility index (Phi) is 4.18. The van der Waals surface area contributed by atoms with E-state index in [4.69, 9.17) is 15.7 Å². The number of nitro benzene ring substituents is 1. The van der Waals surface area contributed by atoms with Crippen molar-refractivity contribution in [3.63, 3.8) is 0 Å². The molecule has 0 saturated heterocycles. The zero-order chi connectivity index (χ0) is 15.6. The van der Waals surface area contributed by atoms with Gasteiger partial charge in [-0.25, -0.2) is 4.98 Å². The van der Waals surface area contributed by atoms with Crippen LogP contribution in [0.15, 0.2) is 18.3 Å². The number of halogens is 1. The molecule has 0 bridgehead atoms. The predicted octanol–water partition coefficient (Wildman–Crippen LogP) is 2.54. The fourth-order valence-electron chi connectivity index (χ4n) is 1.52. The molecule has 0 spiro atoms. The minimum absolute atomic E-state index is 0.00177. The number of benzene rings is 1. The number of nitrogens with two attached hydrogens (primary N) is 1. The summed E-state index contributed by atoms with van der Waals surface area (Å²) < 4.78 is 5.95. The van der Waals surface area contributed by atoms with Crippen LogP contribution in [0.1, 0.15) is 11.1 Å². The smallest absolute Gasteiger partial charge is 0.314 e. The molecule has 1 aromatic carbocycles. The minimum atomic E-state index is -0.613. The molecule has 0 fully saturated rings. The number of hydrogen-bond donors (Lipinski definition) is 1. The highest BCUT2D eigenvalue weighted by Crippen LogP contribution is 2.37. The molecule has 8 nitrogen and oxygen atoms in total. The summed E-state index contributed by atoms with van der Waals surface area (Å²) >= 11 is 1.86. The lowest BCUT2D eigenvalue weighted by Gasteiger charge is -2.10. The van der Waals surface area contributed by atoms with Crippen LogP contribution in [0.2, 0.25) is 0 Å². The third-order valence-electron chi connectivity index (χ3n) is 2.49. The van der Waals surface area contributed by atoms with E-state index in [1.54, 1.807) is 6.92 Å². The van der Waals surface area contributed by atoms with Gasteiger partial charge in [-0.15, -0.1) is 0 Å². The normalized spacial score (nSPS) is 9.95. The molecule has 1 heterocycles. The first-order valence-corrected chi connectivity index (χ1v) is 6.65. The number of nitriles is 1. The predicted molar refractivity (Wildman–Crippen MR) is 81.8 cm³/mol. The molecule has 21 heavy (non-hydrogen) atoms. The Morgan fingerprint density at radius 1 is 1.52 bits per heavy atom. The van der Waals surface area contributed by atoms with Crippen LogP contribution in [0, 0.1) is 31.9 Å². The van der Waals surface area contributed by atoms with E-state index in [9.17, 15) is 10.1 Å². The second-order valence-corrected chi connectivity index (χ2v) is 5.16. The highest BCUT2D eigenvalue weighted by Gasteiger charge is 2.22. The second kappa shape index (κ2) is 5.88. The Labute approximate surface area is 132 Å². The van der Waals surface area contributed by atoms with Gasteiger partial charge in [-0.3, -0.25) is 10.1 Å². The molecule has 2 aromatic rings. The molecule has 9 heteroatoms. The van der Waals surface area contributed by atoms with Crippen molar-refractivity contribution >= 4 is 34.2 Å². The van der Waals surface area contributed by atoms with Crippen LogP contribution in [-0.2, 0) is 0 Å². The van der Waals surface area contributed by atoms with Crippen LogP contribution in [0.4, 0.5) is 11.6 Å². The quantitative estimate of drug-likeness (QED) is 0.479. The number of anilines is 1. The lowest BCUT2D eigenvalue weighted by molar-refractivity contribution is -0.385. The van der Waals surface area contributed by atoms with Crippen molar-refractivity contribution in [1.82, 2.24) is 9.97 Å². The number of hydrogen-bond acceptors (Lipinski definition) is 7. The average Bonchev–Trinajstić information content (AvgIpc) is 2.44.